The molecule has 0 N–H and O–H groups in total. The minimum absolute atomic E-state index is 0.0737. The van der Waals surface area contributed by atoms with Crippen LogP contribution in [-0.4, -0.2) is 54.1 Å². The maximum absolute atomic E-state index is 14.8. The number of rotatable bonds is 4. The van der Waals surface area contributed by atoms with Crippen LogP contribution < -0.4 is 10.2 Å². The van der Waals surface area contributed by atoms with Crippen molar-refractivity contribution >= 4 is 18.7 Å². The van der Waals surface area contributed by atoms with Gasteiger partial charge in [0.1, 0.15) is 29.8 Å². The van der Waals surface area contributed by atoms with Gasteiger partial charge in [0.05, 0.1) is 22.8 Å². The molecule has 2 fully saturated rings. The largest absolute Gasteiger partial charge is 0.497 e. The lowest BCUT2D eigenvalue weighted by molar-refractivity contribution is 0.00578. The first-order valence-corrected chi connectivity index (χ1v) is 11.0. The number of likely N-dealkylation sites (tertiary alicyclic amines) is 1. The van der Waals surface area contributed by atoms with Gasteiger partial charge in [0, 0.05) is 12.0 Å². The van der Waals surface area contributed by atoms with E-state index >= 15 is 0 Å². The molecule has 32 heavy (non-hydrogen) atoms. The summed E-state index contributed by atoms with van der Waals surface area (Å²) in [5.41, 5.74) is -1.60. The Balaban J connectivity index is 1.78. The Morgan fingerprint density at radius 1 is 1.28 bits per heavy atom. The predicted octanol–water partition coefficient (Wildman–Crippen LogP) is 3.77. The van der Waals surface area contributed by atoms with Crippen LogP contribution in [0.2, 0.25) is 0 Å². The van der Waals surface area contributed by atoms with Crippen molar-refractivity contribution in [2.75, 3.05) is 13.2 Å². The third kappa shape index (κ3) is 5.02. The summed E-state index contributed by atoms with van der Waals surface area (Å²) in [5, 5.41) is 9.48. The van der Waals surface area contributed by atoms with Gasteiger partial charge in [-0.25, -0.2) is 9.18 Å². The Morgan fingerprint density at radius 2 is 1.91 bits per heavy atom. The first kappa shape index (κ1) is 24.3. The number of nitriles is 1. The van der Waals surface area contributed by atoms with E-state index in [2.05, 4.69) is 0 Å². The highest BCUT2D eigenvalue weighted by Crippen LogP contribution is 2.37. The van der Waals surface area contributed by atoms with E-state index in [1.807, 2.05) is 54.5 Å². The van der Waals surface area contributed by atoms with E-state index < -0.39 is 29.7 Å². The van der Waals surface area contributed by atoms with Gasteiger partial charge in [0.15, 0.2) is 0 Å². The number of halogens is 1. The molecule has 3 rings (SSSR count). The molecule has 2 aliphatic rings. The summed E-state index contributed by atoms with van der Waals surface area (Å²) >= 11 is 0. The normalized spacial score (nSPS) is 22.0. The van der Waals surface area contributed by atoms with Gasteiger partial charge in [-0.3, -0.25) is 0 Å². The number of carbonyl (C=O) groups excluding carboxylic acids is 1. The fourth-order valence-corrected chi connectivity index (χ4v) is 3.68. The summed E-state index contributed by atoms with van der Waals surface area (Å²) in [4.78, 5) is 14.2. The Kier molecular flexibility index (Phi) is 6.51. The second-order valence-corrected chi connectivity index (χ2v) is 10.4. The number of benzene rings is 1. The zero-order valence-electron chi connectivity index (χ0n) is 20.0. The van der Waals surface area contributed by atoms with Crippen LogP contribution in [0.15, 0.2) is 12.1 Å². The fourth-order valence-electron chi connectivity index (χ4n) is 3.68. The van der Waals surface area contributed by atoms with E-state index in [0.29, 0.717) is 6.54 Å². The van der Waals surface area contributed by atoms with Gasteiger partial charge in [-0.1, -0.05) is 0 Å². The van der Waals surface area contributed by atoms with Crippen LogP contribution in [0.5, 0.6) is 5.75 Å². The Hall–Kier alpha value is -2.31. The van der Waals surface area contributed by atoms with Crippen LogP contribution in [0, 0.1) is 17.1 Å². The molecular formula is C23H32BFN2O5. The molecule has 9 heteroatoms. The van der Waals surface area contributed by atoms with Gasteiger partial charge in [0.2, 0.25) is 0 Å². The molecule has 0 aromatic heterocycles. The number of nitrogens with zero attached hydrogens (tertiary/aromatic N) is 2. The molecule has 1 aromatic rings. The van der Waals surface area contributed by atoms with Crippen molar-refractivity contribution < 1.29 is 28.0 Å². The third-order valence-corrected chi connectivity index (χ3v) is 6.16. The van der Waals surface area contributed by atoms with Gasteiger partial charge in [-0.2, -0.15) is 5.26 Å². The number of ether oxygens (including phenoxy) is 2. The van der Waals surface area contributed by atoms with Gasteiger partial charge in [-0.15, -0.1) is 0 Å². The smallest absolute Gasteiger partial charge is 0.490 e. The van der Waals surface area contributed by atoms with E-state index in [1.165, 1.54) is 6.07 Å². The first-order valence-electron chi connectivity index (χ1n) is 11.0. The van der Waals surface area contributed by atoms with Crippen molar-refractivity contribution in [3.05, 3.63) is 23.5 Å². The van der Waals surface area contributed by atoms with Crippen molar-refractivity contribution in [3.63, 3.8) is 0 Å². The molecule has 0 unspecified atom stereocenters. The number of hydrogen-bond donors (Lipinski definition) is 0. The van der Waals surface area contributed by atoms with Crippen molar-refractivity contribution in [3.8, 4) is 11.8 Å². The lowest BCUT2D eigenvalue weighted by atomic mass is 9.78. The Morgan fingerprint density at radius 3 is 2.47 bits per heavy atom. The SMILES string of the molecule is CC(C)(C)OC(=O)N1CCC[C@H]1COc1cc(B2OC(C)(C)C(C)(C)O2)c(F)cc1C#N. The first-order chi connectivity index (χ1) is 14.7. The summed E-state index contributed by atoms with van der Waals surface area (Å²) in [6.07, 6.45) is 1.20. The van der Waals surface area contributed by atoms with E-state index in [9.17, 15) is 14.4 Å². The van der Waals surface area contributed by atoms with Crippen molar-refractivity contribution in [1.82, 2.24) is 4.90 Å². The molecule has 0 radical (unpaired) electrons. The number of hydrogen-bond acceptors (Lipinski definition) is 6. The highest BCUT2D eigenvalue weighted by atomic mass is 19.1. The van der Waals surface area contributed by atoms with Crippen LogP contribution in [0.25, 0.3) is 0 Å². The van der Waals surface area contributed by atoms with Crippen LogP contribution in [-0.2, 0) is 14.0 Å². The average molecular weight is 446 g/mol. The van der Waals surface area contributed by atoms with Crippen LogP contribution in [0.4, 0.5) is 9.18 Å². The monoisotopic (exact) mass is 446 g/mol. The van der Waals surface area contributed by atoms with Gasteiger partial charge in [-0.05, 0) is 73.4 Å². The molecule has 0 spiro atoms. The minimum Gasteiger partial charge on any atom is -0.490 e. The maximum atomic E-state index is 14.8. The van der Waals surface area contributed by atoms with E-state index in [-0.39, 0.29) is 35.5 Å². The quantitative estimate of drug-likeness (QED) is 0.655. The molecule has 2 saturated heterocycles. The molecule has 2 heterocycles. The second-order valence-electron chi connectivity index (χ2n) is 10.4. The summed E-state index contributed by atoms with van der Waals surface area (Å²) < 4.78 is 38.1. The van der Waals surface area contributed by atoms with E-state index in [4.69, 9.17) is 18.8 Å². The molecule has 0 saturated carbocycles. The highest BCUT2D eigenvalue weighted by Gasteiger charge is 2.52. The van der Waals surface area contributed by atoms with Crippen molar-refractivity contribution in [2.45, 2.75) is 84.2 Å². The molecule has 174 valence electrons. The zero-order chi connectivity index (χ0) is 23.9. The lowest BCUT2D eigenvalue weighted by Gasteiger charge is -2.32. The van der Waals surface area contributed by atoms with Crippen LogP contribution >= 0.6 is 0 Å². The van der Waals surface area contributed by atoms with Crippen LogP contribution in [0.1, 0.15) is 66.9 Å². The second kappa shape index (κ2) is 8.56. The van der Waals surface area contributed by atoms with Gasteiger partial charge >= 0.3 is 13.2 Å². The lowest BCUT2D eigenvalue weighted by Crippen LogP contribution is -2.42. The predicted molar refractivity (Wildman–Crippen MR) is 118 cm³/mol. The molecule has 0 aliphatic carbocycles. The molecule has 0 bridgehead atoms. The van der Waals surface area contributed by atoms with Crippen molar-refractivity contribution in [2.24, 2.45) is 0 Å². The van der Waals surface area contributed by atoms with Gasteiger partial charge < -0.3 is 23.7 Å². The summed E-state index contributed by atoms with van der Waals surface area (Å²) in [6, 6.07) is 4.38. The Labute approximate surface area is 189 Å². The minimum atomic E-state index is -0.917. The molecule has 2 aliphatic heterocycles. The van der Waals surface area contributed by atoms with Crippen LogP contribution in [0.3, 0.4) is 0 Å². The highest BCUT2D eigenvalue weighted by molar-refractivity contribution is 6.62. The fraction of sp³-hybridized carbons (Fsp3) is 0.652. The standard InChI is InChI=1S/C23H32BFN2O5/c1-21(2,3)30-20(28)27-10-8-9-16(27)14-29-19-12-17(18(25)11-15(19)13-26)24-31-22(4,5)23(6,7)32-24/h11-12,16H,8-10,14H2,1-7H3/t16-/m0/s1. The molecule has 7 nitrogen and oxygen atoms in total. The number of amides is 1. The molecule has 1 aromatic carbocycles. The summed E-state index contributed by atoms with van der Waals surface area (Å²) in [6.45, 7) is 13.8. The number of carbonyl (C=O) groups is 1. The molecule has 1 atom stereocenters. The van der Waals surface area contributed by atoms with Crippen molar-refractivity contribution in [1.29, 1.82) is 5.26 Å². The molecule has 1 amide bonds. The van der Waals surface area contributed by atoms with E-state index in [1.54, 1.807) is 4.90 Å². The summed E-state index contributed by atoms with van der Waals surface area (Å²) in [7, 11) is -0.917. The third-order valence-electron chi connectivity index (χ3n) is 6.16. The zero-order valence-corrected chi connectivity index (χ0v) is 20.0. The van der Waals surface area contributed by atoms with E-state index in [0.717, 1.165) is 18.9 Å². The maximum Gasteiger partial charge on any atom is 0.497 e. The summed E-state index contributed by atoms with van der Waals surface area (Å²) in [5.74, 6) is -0.363. The Bertz CT molecular complexity index is 906. The average Bonchev–Trinajstić information content (AvgIpc) is 3.20. The van der Waals surface area contributed by atoms with Gasteiger partial charge in [0.25, 0.3) is 0 Å². The molecular weight excluding hydrogens is 414 g/mol. The topological polar surface area (TPSA) is 81.0 Å².